The lowest BCUT2D eigenvalue weighted by atomic mass is 9.75. The first-order chi connectivity index (χ1) is 12.0. The van der Waals surface area contributed by atoms with Crippen molar-refractivity contribution in [2.75, 3.05) is 6.79 Å². The molecule has 1 aromatic carbocycles. The molecule has 1 N–H and O–H groups in total. The third kappa shape index (κ3) is 2.78. The third-order valence-electron chi connectivity index (χ3n) is 5.65. The number of nitrogens with zero attached hydrogens (tertiary/aromatic N) is 1. The van der Waals surface area contributed by atoms with Crippen molar-refractivity contribution < 1.29 is 19.1 Å². The first-order valence-electron chi connectivity index (χ1n) is 8.74. The van der Waals surface area contributed by atoms with Gasteiger partial charge in [0, 0.05) is 4.47 Å². The van der Waals surface area contributed by atoms with Crippen LogP contribution in [0.25, 0.3) is 0 Å². The molecule has 0 unspecified atom stereocenters. The molecule has 1 saturated heterocycles. The number of carbonyl (C=O) groups excluding carboxylic acids is 2. The number of fused-ring (bicyclic) bond motifs is 1. The van der Waals surface area contributed by atoms with Crippen LogP contribution in [0.2, 0.25) is 0 Å². The van der Waals surface area contributed by atoms with Crippen molar-refractivity contribution in [3.05, 3.63) is 22.2 Å². The Balaban J connectivity index is 1.54. The summed E-state index contributed by atoms with van der Waals surface area (Å²) in [6, 6.07) is 3.34. The van der Waals surface area contributed by atoms with Gasteiger partial charge in [-0.25, -0.2) is 4.79 Å². The van der Waals surface area contributed by atoms with Crippen LogP contribution >= 0.6 is 15.9 Å². The quantitative estimate of drug-likeness (QED) is 0.776. The Hall–Kier alpha value is -1.76. The number of nitrogens with one attached hydrogen (secondary N) is 1. The van der Waals surface area contributed by atoms with Gasteiger partial charge >= 0.3 is 6.03 Å². The van der Waals surface area contributed by atoms with Crippen molar-refractivity contribution in [3.8, 4) is 11.5 Å². The maximum absolute atomic E-state index is 13.0. The molecule has 0 atom stereocenters. The molecule has 1 spiro atoms. The first-order valence-corrected chi connectivity index (χ1v) is 9.54. The molecule has 2 heterocycles. The second-order valence-corrected chi connectivity index (χ2v) is 7.91. The molecule has 1 aromatic rings. The van der Waals surface area contributed by atoms with Gasteiger partial charge in [-0.05, 0) is 49.3 Å². The fourth-order valence-electron chi connectivity index (χ4n) is 3.99. The summed E-state index contributed by atoms with van der Waals surface area (Å²) >= 11 is 3.50. The second kappa shape index (κ2) is 6.20. The molecular formula is C18H21BrN2O4. The monoisotopic (exact) mass is 408 g/mol. The molecule has 0 radical (unpaired) electrons. The largest absolute Gasteiger partial charge is 0.454 e. The van der Waals surface area contributed by atoms with Crippen molar-refractivity contribution >= 4 is 27.9 Å². The molecule has 0 aromatic heterocycles. The Morgan fingerprint density at radius 2 is 1.92 bits per heavy atom. The molecule has 134 valence electrons. The molecule has 2 aliphatic heterocycles. The van der Waals surface area contributed by atoms with Gasteiger partial charge in [-0.3, -0.25) is 9.69 Å². The Bertz CT molecular complexity index is 728. The summed E-state index contributed by atoms with van der Waals surface area (Å²) < 4.78 is 11.5. The van der Waals surface area contributed by atoms with Crippen LogP contribution < -0.4 is 14.8 Å². The molecule has 2 fully saturated rings. The van der Waals surface area contributed by atoms with E-state index in [2.05, 4.69) is 28.2 Å². The molecule has 1 saturated carbocycles. The molecule has 3 amide bonds. The predicted molar refractivity (Wildman–Crippen MR) is 94.3 cm³/mol. The van der Waals surface area contributed by atoms with Gasteiger partial charge in [-0.15, -0.1) is 0 Å². The minimum Gasteiger partial charge on any atom is -0.454 e. The molecule has 7 heteroatoms. The Labute approximate surface area is 155 Å². The molecule has 25 heavy (non-hydrogen) atoms. The zero-order valence-electron chi connectivity index (χ0n) is 14.1. The zero-order valence-corrected chi connectivity index (χ0v) is 15.7. The highest BCUT2D eigenvalue weighted by Gasteiger charge is 2.52. The number of halogens is 1. The van der Waals surface area contributed by atoms with Crippen LogP contribution in [0.15, 0.2) is 16.6 Å². The van der Waals surface area contributed by atoms with E-state index in [0.29, 0.717) is 17.4 Å². The minimum absolute atomic E-state index is 0.100. The van der Waals surface area contributed by atoms with Gasteiger partial charge in [0.15, 0.2) is 11.5 Å². The summed E-state index contributed by atoms with van der Waals surface area (Å²) in [7, 11) is 0. The fourth-order valence-corrected chi connectivity index (χ4v) is 4.44. The lowest BCUT2D eigenvalue weighted by Gasteiger charge is -2.34. The van der Waals surface area contributed by atoms with Gasteiger partial charge in [0.25, 0.3) is 5.91 Å². The summed E-state index contributed by atoms with van der Waals surface area (Å²) in [4.78, 5) is 26.8. The Kier molecular flexibility index (Phi) is 4.14. The van der Waals surface area contributed by atoms with Gasteiger partial charge < -0.3 is 14.8 Å². The third-order valence-corrected chi connectivity index (χ3v) is 6.39. The summed E-state index contributed by atoms with van der Waals surface area (Å²) in [5, 5.41) is 2.97. The van der Waals surface area contributed by atoms with Gasteiger partial charge in [0.05, 0.1) is 6.54 Å². The molecule has 4 rings (SSSR count). The highest BCUT2D eigenvalue weighted by Crippen LogP contribution is 2.40. The normalized spacial score (nSPS) is 27.9. The maximum Gasteiger partial charge on any atom is 0.325 e. The molecular weight excluding hydrogens is 388 g/mol. The van der Waals surface area contributed by atoms with E-state index in [1.807, 2.05) is 12.1 Å². The zero-order chi connectivity index (χ0) is 17.6. The van der Waals surface area contributed by atoms with Crippen molar-refractivity contribution in [1.82, 2.24) is 10.2 Å². The SMILES string of the molecule is CCC1CCC2(CC1)NC(=O)N(Cc1cc3c(cc1Br)OCO3)C2=O. The van der Waals surface area contributed by atoms with Gasteiger partial charge in [0.1, 0.15) is 5.54 Å². The van der Waals surface area contributed by atoms with Crippen LogP contribution in [0.3, 0.4) is 0 Å². The van der Waals surface area contributed by atoms with E-state index in [0.717, 1.165) is 42.1 Å². The van der Waals surface area contributed by atoms with Crippen LogP contribution in [0, 0.1) is 5.92 Å². The lowest BCUT2D eigenvalue weighted by Crippen LogP contribution is -2.49. The topological polar surface area (TPSA) is 67.9 Å². The van der Waals surface area contributed by atoms with Crippen molar-refractivity contribution in [3.63, 3.8) is 0 Å². The smallest absolute Gasteiger partial charge is 0.325 e. The van der Waals surface area contributed by atoms with E-state index in [9.17, 15) is 9.59 Å². The van der Waals surface area contributed by atoms with E-state index in [-0.39, 0.29) is 25.3 Å². The predicted octanol–water partition coefficient (Wildman–Crippen LogP) is 3.57. The number of hydrogen-bond acceptors (Lipinski definition) is 4. The Morgan fingerprint density at radius 1 is 1.24 bits per heavy atom. The number of amides is 3. The number of carbonyl (C=O) groups is 2. The van der Waals surface area contributed by atoms with Crippen molar-refractivity contribution in [2.24, 2.45) is 5.92 Å². The number of urea groups is 1. The van der Waals surface area contributed by atoms with Crippen LogP contribution in [0.4, 0.5) is 4.79 Å². The molecule has 1 aliphatic carbocycles. The van der Waals surface area contributed by atoms with E-state index >= 15 is 0 Å². The number of rotatable bonds is 3. The summed E-state index contributed by atoms with van der Waals surface area (Å²) in [6.07, 6.45) is 4.57. The number of ether oxygens (including phenoxy) is 2. The van der Waals surface area contributed by atoms with Crippen LogP contribution in [0.1, 0.15) is 44.6 Å². The molecule has 6 nitrogen and oxygen atoms in total. The summed E-state index contributed by atoms with van der Waals surface area (Å²) in [5.74, 6) is 1.87. The standard InChI is InChI=1S/C18H21BrN2O4/c1-2-11-3-5-18(6-4-11)16(22)21(17(23)20-18)9-12-7-14-15(8-13(12)19)25-10-24-14/h7-8,11H,2-6,9-10H2,1H3,(H,20,23). The van der Waals surface area contributed by atoms with E-state index < -0.39 is 5.54 Å². The lowest BCUT2D eigenvalue weighted by molar-refractivity contribution is -0.133. The van der Waals surface area contributed by atoms with Crippen LogP contribution in [-0.2, 0) is 11.3 Å². The minimum atomic E-state index is -0.703. The van der Waals surface area contributed by atoms with Crippen LogP contribution in [0.5, 0.6) is 11.5 Å². The van der Waals surface area contributed by atoms with E-state index in [4.69, 9.17) is 9.47 Å². The van der Waals surface area contributed by atoms with E-state index in [1.165, 1.54) is 4.90 Å². The van der Waals surface area contributed by atoms with Gasteiger partial charge in [-0.1, -0.05) is 29.3 Å². The van der Waals surface area contributed by atoms with Crippen LogP contribution in [-0.4, -0.2) is 29.2 Å². The number of benzene rings is 1. The first kappa shape index (κ1) is 16.7. The van der Waals surface area contributed by atoms with Gasteiger partial charge in [0.2, 0.25) is 6.79 Å². The maximum atomic E-state index is 13.0. The Morgan fingerprint density at radius 3 is 2.60 bits per heavy atom. The van der Waals surface area contributed by atoms with Crippen molar-refractivity contribution in [1.29, 1.82) is 0 Å². The molecule has 0 bridgehead atoms. The average molecular weight is 409 g/mol. The molecule has 3 aliphatic rings. The second-order valence-electron chi connectivity index (χ2n) is 7.05. The summed E-state index contributed by atoms with van der Waals surface area (Å²) in [5.41, 5.74) is 0.123. The van der Waals surface area contributed by atoms with Crippen molar-refractivity contribution in [2.45, 2.75) is 51.1 Å². The average Bonchev–Trinajstić information content (AvgIpc) is 3.14. The van der Waals surface area contributed by atoms with E-state index in [1.54, 1.807) is 0 Å². The summed E-state index contributed by atoms with van der Waals surface area (Å²) in [6.45, 7) is 2.60. The number of imide groups is 1. The highest BCUT2D eigenvalue weighted by molar-refractivity contribution is 9.10. The number of hydrogen-bond donors (Lipinski definition) is 1. The fraction of sp³-hybridized carbons (Fsp3) is 0.556. The highest BCUT2D eigenvalue weighted by atomic mass is 79.9. The van der Waals surface area contributed by atoms with Gasteiger partial charge in [-0.2, -0.15) is 0 Å².